The van der Waals surface area contributed by atoms with Crippen LogP contribution in [0.1, 0.15) is 63.0 Å². The Morgan fingerprint density at radius 1 is 0.862 bits per heavy atom. The Bertz CT molecular complexity index is 750. The first-order valence-electron chi connectivity index (χ1n) is 11.1. The first kappa shape index (κ1) is 20.3. The Kier molecular flexibility index (Phi) is 6.17. The van der Waals surface area contributed by atoms with Gasteiger partial charge in [0, 0.05) is 12.3 Å². The van der Waals surface area contributed by atoms with Crippen LogP contribution in [0.4, 0.5) is 0 Å². The maximum absolute atomic E-state index is 12.4. The summed E-state index contributed by atoms with van der Waals surface area (Å²) in [6.07, 6.45) is 6.83. The topological polar surface area (TPSA) is 35.5 Å². The van der Waals surface area contributed by atoms with Crippen LogP contribution in [0.15, 0.2) is 60.7 Å². The van der Waals surface area contributed by atoms with Gasteiger partial charge in [0.25, 0.3) is 0 Å². The van der Waals surface area contributed by atoms with Gasteiger partial charge in [0.05, 0.1) is 25.0 Å². The van der Waals surface area contributed by atoms with E-state index < -0.39 is 5.79 Å². The first-order chi connectivity index (χ1) is 14.2. The molecule has 0 aromatic heterocycles. The molecule has 1 aliphatic heterocycles. The highest BCUT2D eigenvalue weighted by molar-refractivity contribution is 5.82. The molecule has 4 rings (SSSR count). The molecule has 0 bridgehead atoms. The average molecular weight is 393 g/mol. The van der Waals surface area contributed by atoms with Crippen molar-refractivity contribution in [3.8, 4) is 0 Å². The van der Waals surface area contributed by atoms with Crippen LogP contribution in [0, 0.1) is 5.92 Å². The third kappa shape index (κ3) is 4.04. The number of benzene rings is 2. The molecule has 1 saturated carbocycles. The zero-order chi connectivity index (χ0) is 20.2. The van der Waals surface area contributed by atoms with Crippen molar-refractivity contribution in [1.82, 2.24) is 0 Å². The largest absolute Gasteiger partial charge is 0.348 e. The van der Waals surface area contributed by atoms with E-state index in [-0.39, 0.29) is 17.1 Å². The number of carbonyl (C=O) groups is 1. The van der Waals surface area contributed by atoms with Gasteiger partial charge in [0.1, 0.15) is 5.78 Å². The molecule has 0 radical (unpaired) electrons. The average Bonchev–Trinajstić information content (AvgIpc) is 3.08. The van der Waals surface area contributed by atoms with E-state index in [4.69, 9.17) is 9.47 Å². The fraction of sp³-hybridized carbons (Fsp3) is 0.500. The Hall–Kier alpha value is -1.97. The Morgan fingerprint density at radius 2 is 1.45 bits per heavy atom. The van der Waals surface area contributed by atoms with Crippen LogP contribution >= 0.6 is 0 Å². The van der Waals surface area contributed by atoms with Crippen LogP contribution in [0.5, 0.6) is 0 Å². The van der Waals surface area contributed by atoms with Crippen molar-refractivity contribution >= 4 is 5.78 Å². The molecule has 1 atom stereocenters. The second-order valence-corrected chi connectivity index (χ2v) is 8.67. The zero-order valence-corrected chi connectivity index (χ0v) is 17.4. The number of ketones is 1. The van der Waals surface area contributed by atoms with Gasteiger partial charge in [-0.2, -0.15) is 0 Å². The van der Waals surface area contributed by atoms with Crippen molar-refractivity contribution in [1.29, 1.82) is 0 Å². The minimum atomic E-state index is -0.726. The van der Waals surface area contributed by atoms with Crippen molar-refractivity contribution in [3.05, 3.63) is 71.8 Å². The monoisotopic (exact) mass is 392 g/mol. The van der Waals surface area contributed by atoms with Crippen molar-refractivity contribution < 1.29 is 14.3 Å². The molecule has 2 fully saturated rings. The molecule has 1 spiro atoms. The van der Waals surface area contributed by atoms with Gasteiger partial charge in [0.15, 0.2) is 5.79 Å². The Balaban J connectivity index is 1.57. The van der Waals surface area contributed by atoms with Crippen LogP contribution in [0.3, 0.4) is 0 Å². The normalized spacial score (nSPS) is 22.8. The Morgan fingerprint density at radius 3 is 2.00 bits per heavy atom. The van der Waals surface area contributed by atoms with Gasteiger partial charge in [-0.15, -0.1) is 0 Å². The highest BCUT2D eigenvalue weighted by Crippen LogP contribution is 2.47. The lowest BCUT2D eigenvalue weighted by Crippen LogP contribution is -2.54. The van der Waals surface area contributed by atoms with E-state index >= 15 is 0 Å². The molecule has 3 heteroatoms. The predicted molar refractivity (Wildman–Crippen MR) is 115 cm³/mol. The van der Waals surface area contributed by atoms with Gasteiger partial charge in [-0.3, -0.25) is 4.79 Å². The lowest BCUT2D eigenvalue weighted by atomic mass is 9.74. The molecule has 0 N–H and O–H groups in total. The van der Waals surface area contributed by atoms with E-state index in [0.29, 0.717) is 26.1 Å². The van der Waals surface area contributed by atoms with Crippen LogP contribution in [-0.2, 0) is 19.7 Å². The Labute approximate surface area is 174 Å². The van der Waals surface area contributed by atoms with Crippen LogP contribution in [0.2, 0.25) is 0 Å². The van der Waals surface area contributed by atoms with Crippen molar-refractivity contribution in [2.75, 3.05) is 13.2 Å². The molecule has 2 aliphatic rings. The fourth-order valence-corrected chi connectivity index (χ4v) is 4.99. The summed E-state index contributed by atoms with van der Waals surface area (Å²) in [4.78, 5) is 12.4. The van der Waals surface area contributed by atoms with Crippen molar-refractivity contribution in [3.63, 3.8) is 0 Å². The van der Waals surface area contributed by atoms with E-state index in [9.17, 15) is 4.79 Å². The van der Waals surface area contributed by atoms with Crippen LogP contribution < -0.4 is 0 Å². The smallest absolute Gasteiger partial charge is 0.178 e. The SMILES string of the molecule is CCCCCC[C@H]1CC(=O)CC12OCC(c1ccccc1)(c1ccccc1)CO2. The van der Waals surface area contributed by atoms with E-state index in [0.717, 1.165) is 12.8 Å². The third-order valence-corrected chi connectivity index (χ3v) is 6.72. The maximum atomic E-state index is 12.4. The van der Waals surface area contributed by atoms with E-state index in [1.54, 1.807) is 0 Å². The third-order valence-electron chi connectivity index (χ3n) is 6.72. The lowest BCUT2D eigenvalue weighted by Gasteiger charge is -2.47. The number of carbonyl (C=O) groups excluding carboxylic acids is 1. The summed E-state index contributed by atoms with van der Waals surface area (Å²) in [5, 5.41) is 0. The van der Waals surface area contributed by atoms with Crippen molar-refractivity contribution in [2.45, 2.75) is 63.1 Å². The van der Waals surface area contributed by atoms with E-state index in [1.807, 2.05) is 12.1 Å². The second-order valence-electron chi connectivity index (χ2n) is 8.67. The minimum absolute atomic E-state index is 0.177. The molecule has 1 aliphatic carbocycles. The van der Waals surface area contributed by atoms with Crippen LogP contribution in [-0.4, -0.2) is 24.8 Å². The summed E-state index contributed by atoms with van der Waals surface area (Å²) in [5.41, 5.74) is 2.06. The highest BCUT2D eigenvalue weighted by atomic mass is 16.7. The van der Waals surface area contributed by atoms with Crippen molar-refractivity contribution in [2.24, 2.45) is 5.92 Å². The number of Topliss-reactive ketones (excluding diaryl/α,β-unsaturated/α-hetero) is 1. The fourth-order valence-electron chi connectivity index (χ4n) is 4.99. The summed E-state index contributed by atoms with van der Waals surface area (Å²) in [7, 11) is 0. The summed E-state index contributed by atoms with van der Waals surface area (Å²) in [5.74, 6) is -0.273. The summed E-state index contributed by atoms with van der Waals surface area (Å²) in [6, 6.07) is 21.0. The standard InChI is InChI=1S/C26H32O3/c1-2-3-4-7-16-23-17-24(27)18-26(23)28-19-25(20-29-26,21-12-8-5-9-13-21)22-14-10-6-11-15-22/h5-6,8-15,23H,2-4,7,16-20H2,1H3/t23-/m0/s1. The lowest BCUT2D eigenvalue weighted by molar-refractivity contribution is -0.300. The summed E-state index contributed by atoms with van der Waals surface area (Å²) in [6.45, 7) is 3.31. The molecule has 0 unspecified atom stereocenters. The number of ether oxygens (including phenoxy) is 2. The number of hydrogen-bond acceptors (Lipinski definition) is 3. The minimum Gasteiger partial charge on any atom is -0.348 e. The molecule has 3 nitrogen and oxygen atoms in total. The maximum Gasteiger partial charge on any atom is 0.178 e. The summed E-state index contributed by atoms with van der Waals surface area (Å²) < 4.78 is 13.1. The first-order valence-corrected chi connectivity index (χ1v) is 11.1. The zero-order valence-electron chi connectivity index (χ0n) is 17.4. The van der Waals surface area contributed by atoms with E-state index in [1.165, 1.54) is 30.4 Å². The van der Waals surface area contributed by atoms with Crippen LogP contribution in [0.25, 0.3) is 0 Å². The molecule has 2 aromatic carbocycles. The summed E-state index contributed by atoms with van der Waals surface area (Å²) >= 11 is 0. The van der Waals surface area contributed by atoms with E-state index in [2.05, 4.69) is 55.5 Å². The van der Waals surface area contributed by atoms with Gasteiger partial charge >= 0.3 is 0 Å². The van der Waals surface area contributed by atoms with Gasteiger partial charge in [-0.1, -0.05) is 93.3 Å². The molecule has 0 amide bonds. The molecule has 154 valence electrons. The predicted octanol–water partition coefficient (Wildman–Crippen LogP) is 5.67. The molecule has 1 heterocycles. The van der Waals surface area contributed by atoms with Gasteiger partial charge in [-0.05, 0) is 17.5 Å². The second kappa shape index (κ2) is 8.81. The number of hydrogen-bond donors (Lipinski definition) is 0. The highest BCUT2D eigenvalue weighted by Gasteiger charge is 2.54. The quantitative estimate of drug-likeness (QED) is 0.570. The number of unbranched alkanes of at least 4 members (excludes halogenated alkanes) is 3. The molecule has 1 saturated heterocycles. The van der Waals surface area contributed by atoms with Gasteiger partial charge < -0.3 is 9.47 Å². The molecule has 2 aromatic rings. The molecular weight excluding hydrogens is 360 g/mol. The van der Waals surface area contributed by atoms with Gasteiger partial charge in [0.2, 0.25) is 0 Å². The number of rotatable bonds is 7. The van der Waals surface area contributed by atoms with Gasteiger partial charge in [-0.25, -0.2) is 0 Å². The molecule has 29 heavy (non-hydrogen) atoms. The molecular formula is C26H32O3.